The number of fused-ring (bicyclic) bond motifs is 3. The van der Waals surface area contributed by atoms with Crippen LogP contribution in [-0.4, -0.2) is 15.2 Å². The second kappa shape index (κ2) is 3.67. The number of imidazole rings is 1. The van der Waals surface area contributed by atoms with Gasteiger partial charge in [-0.25, -0.2) is 4.98 Å². The second-order valence-corrected chi connectivity index (χ2v) is 4.78. The molecule has 0 atom stereocenters. The summed E-state index contributed by atoms with van der Waals surface area (Å²) in [5.74, 6) is -0.0168. The zero-order valence-corrected chi connectivity index (χ0v) is 10.7. The number of pyridine rings is 1. The molecule has 17 heavy (non-hydrogen) atoms. The molecule has 3 rings (SSSR count). The van der Waals surface area contributed by atoms with E-state index >= 15 is 0 Å². The van der Waals surface area contributed by atoms with Crippen LogP contribution in [0.1, 0.15) is 17.4 Å². The summed E-state index contributed by atoms with van der Waals surface area (Å²) in [5, 5.41) is 2.13. The molecule has 0 saturated heterocycles. The number of nitrogens with zero attached hydrogens (tertiary/aromatic N) is 2. The fourth-order valence-electron chi connectivity index (χ4n) is 1.93. The summed E-state index contributed by atoms with van der Waals surface area (Å²) in [5.41, 5.74) is 1.31. The number of rotatable bonds is 1. The SMILES string of the molecule is CC(=O)c1cn2ccc3c(Br)cccc3c2n1. The summed E-state index contributed by atoms with van der Waals surface area (Å²) >= 11 is 3.51. The van der Waals surface area contributed by atoms with E-state index in [-0.39, 0.29) is 5.78 Å². The lowest BCUT2D eigenvalue weighted by Crippen LogP contribution is -1.90. The minimum absolute atomic E-state index is 0.0168. The molecule has 1 aromatic carbocycles. The van der Waals surface area contributed by atoms with E-state index in [9.17, 15) is 4.79 Å². The first-order valence-corrected chi connectivity index (χ1v) is 6.03. The Kier molecular flexibility index (Phi) is 2.26. The van der Waals surface area contributed by atoms with Crippen molar-refractivity contribution in [2.24, 2.45) is 0 Å². The predicted molar refractivity (Wildman–Crippen MR) is 70.4 cm³/mol. The van der Waals surface area contributed by atoms with Gasteiger partial charge in [-0.3, -0.25) is 4.79 Å². The summed E-state index contributed by atoms with van der Waals surface area (Å²) in [6, 6.07) is 7.98. The Morgan fingerprint density at radius 3 is 2.88 bits per heavy atom. The Balaban J connectivity index is 2.47. The molecule has 0 aliphatic rings. The number of ketones is 1. The minimum Gasteiger partial charge on any atom is -0.306 e. The molecule has 2 aromatic heterocycles. The van der Waals surface area contributed by atoms with E-state index in [4.69, 9.17) is 0 Å². The maximum absolute atomic E-state index is 11.3. The van der Waals surface area contributed by atoms with E-state index in [0.29, 0.717) is 5.69 Å². The van der Waals surface area contributed by atoms with Crippen molar-refractivity contribution in [1.82, 2.24) is 9.38 Å². The van der Waals surface area contributed by atoms with Gasteiger partial charge in [-0.1, -0.05) is 28.1 Å². The molecule has 0 aliphatic carbocycles. The van der Waals surface area contributed by atoms with Crippen molar-refractivity contribution < 1.29 is 4.79 Å². The van der Waals surface area contributed by atoms with Crippen molar-refractivity contribution in [3.63, 3.8) is 0 Å². The molecule has 0 fully saturated rings. The van der Waals surface area contributed by atoms with Gasteiger partial charge >= 0.3 is 0 Å². The Hall–Kier alpha value is -1.68. The lowest BCUT2D eigenvalue weighted by Gasteiger charge is -2.01. The highest BCUT2D eigenvalue weighted by Crippen LogP contribution is 2.26. The molecule has 0 saturated carbocycles. The number of hydrogen-bond acceptors (Lipinski definition) is 2. The van der Waals surface area contributed by atoms with Crippen molar-refractivity contribution in [3.05, 3.63) is 46.8 Å². The van der Waals surface area contributed by atoms with Gasteiger partial charge < -0.3 is 4.40 Å². The lowest BCUT2D eigenvalue weighted by molar-refractivity contribution is 0.101. The normalized spacial score (nSPS) is 11.2. The number of carbonyl (C=O) groups is 1. The number of Topliss-reactive ketones (excluding diaryl/α,β-unsaturated/α-hetero) is 1. The van der Waals surface area contributed by atoms with Crippen LogP contribution in [0, 0.1) is 0 Å². The molecular formula is C13H9BrN2O. The van der Waals surface area contributed by atoms with Crippen LogP contribution in [-0.2, 0) is 0 Å². The number of aromatic nitrogens is 2. The highest BCUT2D eigenvalue weighted by molar-refractivity contribution is 9.10. The van der Waals surface area contributed by atoms with Crippen molar-refractivity contribution in [3.8, 4) is 0 Å². The van der Waals surface area contributed by atoms with Crippen LogP contribution in [0.5, 0.6) is 0 Å². The van der Waals surface area contributed by atoms with E-state index in [1.807, 2.05) is 34.9 Å². The Morgan fingerprint density at radius 2 is 2.12 bits per heavy atom. The third kappa shape index (κ3) is 1.56. The van der Waals surface area contributed by atoms with Crippen molar-refractivity contribution >= 4 is 38.1 Å². The van der Waals surface area contributed by atoms with Crippen molar-refractivity contribution in [1.29, 1.82) is 0 Å². The van der Waals surface area contributed by atoms with Gasteiger partial charge in [-0.2, -0.15) is 0 Å². The molecule has 3 aromatic rings. The van der Waals surface area contributed by atoms with Gasteiger partial charge in [0.15, 0.2) is 5.78 Å². The number of hydrogen-bond donors (Lipinski definition) is 0. The fraction of sp³-hybridized carbons (Fsp3) is 0.0769. The topological polar surface area (TPSA) is 34.4 Å². The van der Waals surface area contributed by atoms with Gasteiger partial charge in [0, 0.05) is 34.6 Å². The maximum Gasteiger partial charge on any atom is 0.179 e. The van der Waals surface area contributed by atoms with E-state index < -0.39 is 0 Å². The maximum atomic E-state index is 11.3. The van der Waals surface area contributed by atoms with Crippen LogP contribution in [0.4, 0.5) is 0 Å². The minimum atomic E-state index is -0.0168. The van der Waals surface area contributed by atoms with Gasteiger partial charge in [-0.15, -0.1) is 0 Å². The molecule has 0 unspecified atom stereocenters. The molecule has 3 nitrogen and oxygen atoms in total. The van der Waals surface area contributed by atoms with Crippen LogP contribution in [0.2, 0.25) is 0 Å². The smallest absolute Gasteiger partial charge is 0.179 e. The average molecular weight is 289 g/mol. The van der Waals surface area contributed by atoms with E-state index in [0.717, 1.165) is 20.9 Å². The third-order valence-corrected chi connectivity index (χ3v) is 3.48. The van der Waals surface area contributed by atoms with Gasteiger partial charge in [0.25, 0.3) is 0 Å². The molecule has 2 heterocycles. The molecule has 0 spiro atoms. The number of halogens is 1. The summed E-state index contributed by atoms with van der Waals surface area (Å²) in [6.45, 7) is 1.53. The lowest BCUT2D eigenvalue weighted by atomic mass is 10.2. The summed E-state index contributed by atoms with van der Waals surface area (Å²) < 4.78 is 2.91. The standard InChI is InChI=1S/C13H9BrN2O/c1-8(17)12-7-16-6-5-9-10(13(16)15-12)3-2-4-11(9)14/h2-7H,1H3. The van der Waals surface area contributed by atoms with Gasteiger partial charge in [0.1, 0.15) is 11.3 Å². The summed E-state index contributed by atoms with van der Waals surface area (Å²) in [6.07, 6.45) is 3.68. The van der Waals surface area contributed by atoms with Crippen LogP contribution >= 0.6 is 15.9 Å². The Morgan fingerprint density at radius 1 is 1.29 bits per heavy atom. The molecule has 0 bridgehead atoms. The van der Waals surface area contributed by atoms with E-state index in [1.54, 1.807) is 6.20 Å². The molecule has 0 N–H and O–H groups in total. The van der Waals surface area contributed by atoms with Gasteiger partial charge in [-0.05, 0) is 12.1 Å². The molecule has 84 valence electrons. The van der Waals surface area contributed by atoms with E-state index in [2.05, 4.69) is 20.9 Å². The average Bonchev–Trinajstić information content (AvgIpc) is 2.73. The van der Waals surface area contributed by atoms with Crippen LogP contribution in [0.15, 0.2) is 41.1 Å². The van der Waals surface area contributed by atoms with Gasteiger partial charge in [0.2, 0.25) is 0 Å². The molecule has 0 aliphatic heterocycles. The molecular weight excluding hydrogens is 280 g/mol. The van der Waals surface area contributed by atoms with E-state index in [1.165, 1.54) is 6.92 Å². The van der Waals surface area contributed by atoms with Crippen molar-refractivity contribution in [2.75, 3.05) is 0 Å². The first kappa shape index (κ1) is 10.5. The third-order valence-electron chi connectivity index (χ3n) is 2.79. The van der Waals surface area contributed by atoms with Crippen LogP contribution in [0.25, 0.3) is 16.4 Å². The molecule has 0 radical (unpaired) electrons. The monoisotopic (exact) mass is 288 g/mol. The zero-order valence-electron chi connectivity index (χ0n) is 9.14. The first-order valence-electron chi connectivity index (χ1n) is 5.24. The van der Waals surface area contributed by atoms with Gasteiger partial charge in [0.05, 0.1) is 0 Å². The van der Waals surface area contributed by atoms with Crippen LogP contribution < -0.4 is 0 Å². The number of carbonyl (C=O) groups excluding carboxylic acids is 1. The second-order valence-electron chi connectivity index (χ2n) is 3.93. The fourth-order valence-corrected chi connectivity index (χ4v) is 2.43. The predicted octanol–water partition coefficient (Wildman–Crippen LogP) is 3.45. The summed E-state index contributed by atoms with van der Waals surface area (Å²) in [7, 11) is 0. The largest absolute Gasteiger partial charge is 0.306 e. The van der Waals surface area contributed by atoms with Crippen molar-refractivity contribution in [2.45, 2.75) is 6.92 Å². The number of benzene rings is 1. The Bertz CT molecular complexity index is 746. The Labute approximate surface area is 106 Å². The van der Waals surface area contributed by atoms with Crippen LogP contribution in [0.3, 0.4) is 0 Å². The highest BCUT2D eigenvalue weighted by atomic mass is 79.9. The quantitative estimate of drug-likeness (QED) is 0.643. The molecule has 4 heteroatoms. The zero-order chi connectivity index (χ0) is 12.0. The highest BCUT2D eigenvalue weighted by Gasteiger charge is 2.09. The summed E-state index contributed by atoms with van der Waals surface area (Å²) in [4.78, 5) is 15.7. The first-order chi connectivity index (χ1) is 8.16. The molecule has 0 amide bonds.